The van der Waals surface area contributed by atoms with Gasteiger partial charge in [0.2, 0.25) is 0 Å². The van der Waals surface area contributed by atoms with Crippen molar-refractivity contribution in [3.8, 4) is 11.5 Å². The average Bonchev–Trinajstić information content (AvgIpc) is 2.13. The first-order chi connectivity index (χ1) is 7.00. The van der Waals surface area contributed by atoms with Crippen molar-refractivity contribution in [3.63, 3.8) is 0 Å². The first-order valence-electron chi connectivity index (χ1n) is 4.46. The number of benzene rings is 1. The molecule has 1 heterocycles. The summed E-state index contributed by atoms with van der Waals surface area (Å²) < 4.78 is 4.96. The van der Waals surface area contributed by atoms with Crippen molar-refractivity contribution in [1.29, 1.82) is 0 Å². The number of rotatable bonds is 0. The van der Waals surface area contributed by atoms with Crippen LogP contribution in [0.25, 0.3) is 11.0 Å². The smallest absolute Gasteiger partial charge is 0.342 e. The summed E-state index contributed by atoms with van der Waals surface area (Å²) in [6.07, 6.45) is 0. The topological polar surface area (TPSA) is 70.7 Å². The Labute approximate surface area is 85.4 Å². The molecule has 0 unspecified atom stereocenters. The Morgan fingerprint density at radius 3 is 2.53 bits per heavy atom. The second kappa shape index (κ2) is 3.02. The number of phenolic OH excluding ortho intramolecular Hbond substituents is 1. The Morgan fingerprint density at radius 2 is 1.87 bits per heavy atom. The van der Waals surface area contributed by atoms with E-state index in [2.05, 4.69) is 0 Å². The minimum atomic E-state index is -0.593. The minimum Gasteiger partial charge on any atom is -0.507 e. The summed E-state index contributed by atoms with van der Waals surface area (Å²) in [4.78, 5) is 11.3. The summed E-state index contributed by atoms with van der Waals surface area (Å²) in [7, 11) is 0. The van der Waals surface area contributed by atoms with Gasteiger partial charge in [0, 0.05) is 0 Å². The number of fused-ring (bicyclic) bond motifs is 1. The van der Waals surface area contributed by atoms with Gasteiger partial charge in [-0.1, -0.05) is 0 Å². The zero-order chi connectivity index (χ0) is 11.2. The fourth-order valence-electron chi connectivity index (χ4n) is 1.51. The summed E-state index contributed by atoms with van der Waals surface area (Å²) in [5.74, 6) is -0.312. The summed E-state index contributed by atoms with van der Waals surface area (Å²) >= 11 is 0. The Morgan fingerprint density at radius 1 is 1.20 bits per heavy atom. The van der Waals surface area contributed by atoms with Crippen molar-refractivity contribution < 1.29 is 14.6 Å². The molecule has 78 valence electrons. The zero-order valence-corrected chi connectivity index (χ0v) is 8.37. The van der Waals surface area contributed by atoms with Gasteiger partial charge in [0.05, 0.1) is 5.56 Å². The van der Waals surface area contributed by atoms with E-state index in [4.69, 9.17) is 4.42 Å². The average molecular weight is 206 g/mol. The van der Waals surface area contributed by atoms with Crippen LogP contribution in [0.3, 0.4) is 0 Å². The standard InChI is InChI=1S/C11H10O4/c1-5-3-7(12)9-8(4-5)15-11(14)6(2)10(9)13/h3-4,12-13H,1-2H3. The normalized spacial score (nSPS) is 10.8. The van der Waals surface area contributed by atoms with Crippen LogP contribution in [0.2, 0.25) is 0 Å². The second-order valence-electron chi connectivity index (χ2n) is 3.52. The Bertz CT molecular complexity index is 596. The summed E-state index contributed by atoms with van der Waals surface area (Å²) in [6, 6.07) is 3.09. The molecule has 0 aliphatic rings. The number of phenols is 1. The molecular weight excluding hydrogens is 196 g/mol. The van der Waals surface area contributed by atoms with Crippen LogP contribution in [-0.2, 0) is 0 Å². The predicted octanol–water partition coefficient (Wildman–Crippen LogP) is 1.82. The van der Waals surface area contributed by atoms with Gasteiger partial charge >= 0.3 is 5.63 Å². The first-order valence-corrected chi connectivity index (χ1v) is 4.46. The highest BCUT2D eigenvalue weighted by molar-refractivity contribution is 5.90. The molecular formula is C11H10O4. The molecule has 0 amide bonds. The SMILES string of the molecule is Cc1cc(O)c2c(O)c(C)c(=O)oc2c1. The molecule has 15 heavy (non-hydrogen) atoms. The van der Waals surface area contributed by atoms with E-state index in [1.165, 1.54) is 13.0 Å². The lowest BCUT2D eigenvalue weighted by molar-refractivity contribution is 0.448. The van der Waals surface area contributed by atoms with Crippen LogP contribution in [-0.4, -0.2) is 10.2 Å². The summed E-state index contributed by atoms with van der Waals surface area (Å²) in [6.45, 7) is 3.20. The number of aromatic hydroxyl groups is 2. The van der Waals surface area contributed by atoms with E-state index in [1.54, 1.807) is 13.0 Å². The van der Waals surface area contributed by atoms with E-state index >= 15 is 0 Å². The fourth-order valence-corrected chi connectivity index (χ4v) is 1.51. The Hall–Kier alpha value is -1.97. The van der Waals surface area contributed by atoms with Crippen LogP contribution in [0, 0.1) is 13.8 Å². The first kappa shape index (κ1) is 9.58. The minimum absolute atomic E-state index is 0.0886. The van der Waals surface area contributed by atoms with Gasteiger partial charge in [-0.15, -0.1) is 0 Å². The van der Waals surface area contributed by atoms with Crippen LogP contribution in [0.15, 0.2) is 21.3 Å². The van der Waals surface area contributed by atoms with Crippen LogP contribution in [0.5, 0.6) is 11.5 Å². The lowest BCUT2D eigenvalue weighted by Gasteiger charge is -2.05. The summed E-state index contributed by atoms with van der Waals surface area (Å²) in [5, 5.41) is 19.5. The number of hydrogen-bond donors (Lipinski definition) is 2. The zero-order valence-electron chi connectivity index (χ0n) is 8.37. The van der Waals surface area contributed by atoms with Gasteiger partial charge < -0.3 is 14.6 Å². The molecule has 4 heteroatoms. The lowest BCUT2D eigenvalue weighted by Crippen LogP contribution is -2.03. The molecule has 4 nitrogen and oxygen atoms in total. The van der Waals surface area contributed by atoms with Gasteiger partial charge in [0.15, 0.2) is 0 Å². The van der Waals surface area contributed by atoms with Crippen LogP contribution in [0.4, 0.5) is 0 Å². The largest absolute Gasteiger partial charge is 0.507 e. The third-order valence-corrected chi connectivity index (χ3v) is 2.33. The molecule has 0 saturated carbocycles. The van der Waals surface area contributed by atoms with Crippen molar-refractivity contribution in [3.05, 3.63) is 33.7 Å². The van der Waals surface area contributed by atoms with Gasteiger partial charge in [-0.05, 0) is 31.5 Å². The van der Waals surface area contributed by atoms with Gasteiger partial charge in [-0.25, -0.2) is 4.79 Å². The maximum atomic E-state index is 11.3. The van der Waals surface area contributed by atoms with E-state index in [9.17, 15) is 15.0 Å². The molecule has 1 aromatic carbocycles. The molecule has 2 aromatic rings. The van der Waals surface area contributed by atoms with Crippen LogP contribution >= 0.6 is 0 Å². The number of aryl methyl sites for hydroxylation is 1. The van der Waals surface area contributed by atoms with E-state index in [0.29, 0.717) is 0 Å². The molecule has 0 aliphatic carbocycles. The summed E-state index contributed by atoms with van der Waals surface area (Å²) in [5.41, 5.74) is 0.457. The van der Waals surface area contributed by atoms with Crippen LogP contribution in [0.1, 0.15) is 11.1 Å². The van der Waals surface area contributed by atoms with Crippen molar-refractivity contribution in [1.82, 2.24) is 0 Å². The highest BCUT2D eigenvalue weighted by atomic mass is 16.4. The van der Waals surface area contributed by atoms with Gasteiger partial charge in [0.25, 0.3) is 0 Å². The van der Waals surface area contributed by atoms with E-state index < -0.39 is 5.63 Å². The molecule has 0 radical (unpaired) electrons. The van der Waals surface area contributed by atoms with Crippen LogP contribution < -0.4 is 5.63 Å². The van der Waals surface area contributed by atoms with Gasteiger partial charge in [0.1, 0.15) is 22.5 Å². The maximum absolute atomic E-state index is 11.3. The molecule has 0 aliphatic heterocycles. The van der Waals surface area contributed by atoms with E-state index in [0.717, 1.165) is 5.56 Å². The van der Waals surface area contributed by atoms with E-state index in [1.807, 2.05) is 0 Å². The molecule has 1 aromatic heterocycles. The molecule has 0 saturated heterocycles. The van der Waals surface area contributed by atoms with Crippen molar-refractivity contribution >= 4 is 11.0 Å². The van der Waals surface area contributed by atoms with Crippen molar-refractivity contribution in [2.45, 2.75) is 13.8 Å². The third-order valence-electron chi connectivity index (χ3n) is 2.33. The van der Waals surface area contributed by atoms with Crippen molar-refractivity contribution in [2.75, 3.05) is 0 Å². The predicted molar refractivity (Wildman–Crippen MR) is 55.3 cm³/mol. The van der Waals surface area contributed by atoms with Gasteiger partial charge in [-0.3, -0.25) is 0 Å². The highest BCUT2D eigenvalue weighted by Gasteiger charge is 2.13. The third kappa shape index (κ3) is 1.34. The molecule has 0 fully saturated rings. The van der Waals surface area contributed by atoms with Gasteiger partial charge in [-0.2, -0.15) is 0 Å². The Balaban J connectivity index is 3.05. The lowest BCUT2D eigenvalue weighted by atomic mass is 10.1. The molecule has 0 bridgehead atoms. The quantitative estimate of drug-likeness (QED) is 0.645. The molecule has 2 rings (SSSR count). The highest BCUT2D eigenvalue weighted by Crippen LogP contribution is 2.34. The fraction of sp³-hybridized carbons (Fsp3) is 0.182. The molecule has 0 atom stereocenters. The maximum Gasteiger partial charge on any atom is 0.342 e. The number of hydrogen-bond acceptors (Lipinski definition) is 4. The molecule has 0 spiro atoms. The Kier molecular flexibility index (Phi) is 1.93. The van der Waals surface area contributed by atoms with Crippen molar-refractivity contribution in [2.24, 2.45) is 0 Å². The van der Waals surface area contributed by atoms with E-state index in [-0.39, 0.29) is 28.0 Å². The second-order valence-corrected chi connectivity index (χ2v) is 3.52. The monoisotopic (exact) mass is 206 g/mol. The molecule has 2 N–H and O–H groups in total.